The minimum absolute atomic E-state index is 0.114. The molecular weight excluding hydrogens is 708 g/mol. The molecule has 17 heteroatoms. The van der Waals surface area contributed by atoms with Gasteiger partial charge in [0.2, 0.25) is 5.91 Å². The summed E-state index contributed by atoms with van der Waals surface area (Å²) in [6.07, 6.45) is -1.04. The molecule has 0 aromatic rings. The van der Waals surface area contributed by atoms with Crippen LogP contribution >= 0.6 is 0 Å². The van der Waals surface area contributed by atoms with Crippen LogP contribution in [0.25, 0.3) is 0 Å². The average molecular weight is 779 g/mol. The van der Waals surface area contributed by atoms with Gasteiger partial charge in [-0.2, -0.15) is 0 Å². The third-order valence-electron chi connectivity index (χ3n) is 6.44. The number of esters is 1. The van der Waals surface area contributed by atoms with Crippen LogP contribution in [0, 0.1) is 0 Å². The molecule has 4 amide bonds. The third-order valence-corrected chi connectivity index (χ3v) is 6.44. The first kappa shape index (κ1) is 50.6. The van der Waals surface area contributed by atoms with Gasteiger partial charge in [0.05, 0.1) is 52.7 Å². The predicted octanol–water partition coefficient (Wildman–Crippen LogP) is 4.38. The van der Waals surface area contributed by atoms with E-state index in [9.17, 15) is 24.0 Å². The van der Waals surface area contributed by atoms with E-state index in [1.165, 1.54) is 0 Å². The van der Waals surface area contributed by atoms with Gasteiger partial charge >= 0.3 is 24.2 Å². The van der Waals surface area contributed by atoms with E-state index in [4.69, 9.17) is 37.9 Å². The van der Waals surface area contributed by atoms with Crippen molar-refractivity contribution in [2.24, 2.45) is 0 Å². The Morgan fingerprint density at radius 1 is 0.426 bits per heavy atom. The smallest absolute Gasteiger partial charge is 0.407 e. The first-order valence-electron chi connectivity index (χ1n) is 18.5. The maximum atomic E-state index is 13.2. The second kappa shape index (κ2) is 24.9. The van der Waals surface area contributed by atoms with Gasteiger partial charge in [-0.15, -0.1) is 0 Å². The molecule has 17 nitrogen and oxygen atoms in total. The van der Waals surface area contributed by atoms with Crippen molar-refractivity contribution in [2.75, 3.05) is 72.5 Å². The Hall–Kier alpha value is -3.41. The number of amides is 4. The Bertz CT molecular complexity index is 1040. The molecule has 0 aliphatic rings. The number of alkyl carbamates (subject to hydrolysis) is 3. The van der Waals surface area contributed by atoms with Gasteiger partial charge in [-0.05, 0) is 102 Å². The average Bonchev–Trinajstić information content (AvgIpc) is 2.95. The van der Waals surface area contributed by atoms with Gasteiger partial charge < -0.3 is 59.2 Å². The van der Waals surface area contributed by atoms with Gasteiger partial charge in [0.25, 0.3) is 0 Å². The van der Waals surface area contributed by atoms with E-state index in [2.05, 4.69) is 21.3 Å². The third kappa shape index (κ3) is 32.1. The highest BCUT2D eigenvalue weighted by Crippen LogP contribution is 2.21. The highest BCUT2D eigenvalue weighted by Gasteiger charge is 2.33. The van der Waals surface area contributed by atoms with Crippen LogP contribution in [0.15, 0.2) is 0 Å². The summed E-state index contributed by atoms with van der Waals surface area (Å²) in [5.74, 6) is -0.763. The van der Waals surface area contributed by atoms with Crippen LogP contribution in [0.1, 0.15) is 109 Å². The second-order valence-corrected chi connectivity index (χ2v) is 16.6. The Balaban J connectivity index is 5.12. The van der Waals surface area contributed by atoms with Crippen LogP contribution in [-0.4, -0.2) is 131 Å². The zero-order chi connectivity index (χ0) is 41.5. The van der Waals surface area contributed by atoms with E-state index in [-0.39, 0.29) is 77.7 Å². The van der Waals surface area contributed by atoms with Crippen molar-refractivity contribution in [2.45, 2.75) is 137 Å². The molecule has 0 unspecified atom stereocenters. The molecular formula is C37H70N4O13. The molecule has 0 radical (unpaired) electrons. The zero-order valence-corrected chi connectivity index (χ0v) is 34.9. The van der Waals surface area contributed by atoms with Crippen molar-refractivity contribution in [1.82, 2.24) is 21.3 Å². The molecule has 0 saturated carbocycles. The number of hydrogen-bond donors (Lipinski definition) is 4. The minimum Gasteiger partial charge on any atom is -0.460 e. The molecule has 0 saturated heterocycles. The molecule has 0 aliphatic carbocycles. The summed E-state index contributed by atoms with van der Waals surface area (Å²) in [4.78, 5) is 62.1. The van der Waals surface area contributed by atoms with E-state index in [0.717, 1.165) is 0 Å². The Morgan fingerprint density at radius 2 is 0.741 bits per heavy atom. The van der Waals surface area contributed by atoms with Gasteiger partial charge in [-0.1, -0.05) is 0 Å². The van der Waals surface area contributed by atoms with Gasteiger partial charge in [-0.25, -0.2) is 14.4 Å². The van der Waals surface area contributed by atoms with Crippen LogP contribution in [-0.2, 0) is 47.5 Å². The van der Waals surface area contributed by atoms with E-state index >= 15 is 0 Å². The number of rotatable bonds is 24. The second-order valence-electron chi connectivity index (χ2n) is 16.6. The fourth-order valence-electron chi connectivity index (χ4n) is 4.42. The topological polar surface area (TPSA) is 207 Å². The lowest BCUT2D eigenvalue weighted by Crippen LogP contribution is -2.54. The summed E-state index contributed by atoms with van der Waals surface area (Å²) in [6, 6.07) is 0. The Labute approximate surface area is 322 Å². The monoisotopic (exact) mass is 778 g/mol. The quantitative estimate of drug-likeness (QED) is 0.0610. The lowest BCUT2D eigenvalue weighted by Gasteiger charge is -2.36. The van der Waals surface area contributed by atoms with Gasteiger partial charge in [-0.3, -0.25) is 9.59 Å². The minimum atomic E-state index is -1.02. The molecule has 54 heavy (non-hydrogen) atoms. The van der Waals surface area contributed by atoms with Crippen LogP contribution < -0.4 is 21.3 Å². The molecule has 0 heterocycles. The molecule has 0 atom stereocenters. The number of carbonyl (C=O) groups is 5. The summed E-state index contributed by atoms with van der Waals surface area (Å²) in [5, 5.41) is 11.2. The summed E-state index contributed by atoms with van der Waals surface area (Å²) in [7, 11) is 0. The van der Waals surface area contributed by atoms with Crippen LogP contribution in [0.4, 0.5) is 14.4 Å². The van der Waals surface area contributed by atoms with Crippen LogP contribution in [0.3, 0.4) is 0 Å². The van der Waals surface area contributed by atoms with Crippen molar-refractivity contribution in [3.05, 3.63) is 0 Å². The molecule has 0 fully saturated rings. The van der Waals surface area contributed by atoms with Crippen molar-refractivity contribution in [3.8, 4) is 0 Å². The summed E-state index contributed by atoms with van der Waals surface area (Å²) in [5.41, 5.74) is -3.68. The van der Waals surface area contributed by atoms with Gasteiger partial charge in [0.1, 0.15) is 29.0 Å². The molecule has 0 spiro atoms. The molecule has 0 aliphatic heterocycles. The molecule has 4 N–H and O–H groups in total. The Kier molecular flexibility index (Phi) is 23.3. The standard InChI is InChI=1S/C37H70N4O13/c1-33(2,3)51-29(43)13-20-47-21-22-48-23-24-49-25-26-50-27-28(42)41-37(14-17-38-30(44)52-34(4,5)6,15-18-39-31(45)53-35(7,8)9)16-19-40-32(46)54-36(10,11)12/h13-27H2,1-12H3,(H,38,44)(H,39,45)(H,40,46)(H,41,42). The van der Waals surface area contributed by atoms with E-state index in [1.54, 1.807) is 62.3 Å². The van der Waals surface area contributed by atoms with Gasteiger partial charge in [0, 0.05) is 25.2 Å². The molecule has 0 rings (SSSR count). The van der Waals surface area contributed by atoms with Gasteiger partial charge in [0.15, 0.2) is 0 Å². The number of carbonyl (C=O) groups excluding carboxylic acids is 5. The highest BCUT2D eigenvalue weighted by molar-refractivity contribution is 5.78. The lowest BCUT2D eigenvalue weighted by molar-refractivity contribution is -0.156. The van der Waals surface area contributed by atoms with Crippen molar-refractivity contribution >= 4 is 30.2 Å². The molecule has 0 bridgehead atoms. The first-order chi connectivity index (χ1) is 24.8. The maximum Gasteiger partial charge on any atom is 0.407 e. The van der Waals surface area contributed by atoms with E-state index in [0.29, 0.717) is 26.4 Å². The summed E-state index contributed by atoms with van der Waals surface area (Å²) >= 11 is 0. The van der Waals surface area contributed by atoms with Crippen LogP contribution in [0.2, 0.25) is 0 Å². The normalized spacial score (nSPS) is 12.4. The fraction of sp³-hybridized carbons (Fsp3) is 0.865. The molecule has 0 aromatic carbocycles. The number of hydrogen-bond acceptors (Lipinski definition) is 13. The van der Waals surface area contributed by atoms with E-state index in [1.807, 2.05) is 20.8 Å². The van der Waals surface area contributed by atoms with Crippen LogP contribution in [0.5, 0.6) is 0 Å². The summed E-state index contributed by atoms with van der Waals surface area (Å²) < 4.78 is 43.2. The first-order valence-corrected chi connectivity index (χ1v) is 18.5. The van der Waals surface area contributed by atoms with Crippen molar-refractivity contribution in [3.63, 3.8) is 0 Å². The van der Waals surface area contributed by atoms with E-state index < -0.39 is 52.1 Å². The SMILES string of the molecule is CC(C)(C)OC(=O)CCOCCOCCOCCOCC(=O)NC(CCNC(=O)OC(C)(C)C)(CCNC(=O)OC(C)(C)C)CCNC(=O)OC(C)(C)C. The highest BCUT2D eigenvalue weighted by atomic mass is 16.6. The lowest BCUT2D eigenvalue weighted by atomic mass is 9.87. The molecule has 316 valence electrons. The fourth-order valence-corrected chi connectivity index (χ4v) is 4.42. The maximum absolute atomic E-state index is 13.2. The Morgan fingerprint density at radius 3 is 1.07 bits per heavy atom. The van der Waals surface area contributed by atoms with Crippen molar-refractivity contribution < 1.29 is 61.9 Å². The predicted molar refractivity (Wildman–Crippen MR) is 201 cm³/mol. The number of nitrogens with one attached hydrogen (secondary N) is 4. The number of ether oxygens (including phenoxy) is 8. The zero-order valence-electron chi connectivity index (χ0n) is 34.9. The largest absolute Gasteiger partial charge is 0.460 e. The molecule has 0 aromatic heterocycles. The van der Waals surface area contributed by atoms with Crippen molar-refractivity contribution in [1.29, 1.82) is 0 Å². The summed E-state index contributed by atoms with van der Waals surface area (Å²) in [6.45, 7) is 23.1.